The fourth-order valence-corrected chi connectivity index (χ4v) is 1.50. The number of hydrazine groups is 1. The molecule has 1 fully saturated rings. The third-order valence-electron chi connectivity index (χ3n) is 2.17. The molecule has 0 bridgehead atoms. The van der Waals surface area contributed by atoms with Crippen LogP contribution in [0, 0.1) is 0 Å². The van der Waals surface area contributed by atoms with E-state index in [-0.39, 0.29) is 0 Å². The van der Waals surface area contributed by atoms with Crippen LogP contribution in [0.3, 0.4) is 0 Å². The summed E-state index contributed by atoms with van der Waals surface area (Å²) in [5.74, 6) is 4.76. The maximum atomic E-state index is 11.5. The molecule has 0 saturated carbocycles. The molecule has 78 valence electrons. The number of carbonyl (C=O) groups excluding carboxylic acids is 2. The minimum absolute atomic E-state index is 0.470. The fourth-order valence-electron chi connectivity index (χ4n) is 1.38. The molecule has 6 heteroatoms. The number of benzene rings is 1. The predicted octanol–water partition coefficient (Wildman–Crippen LogP) is 0.807. The van der Waals surface area contributed by atoms with Crippen LogP contribution >= 0.6 is 11.6 Å². The van der Waals surface area contributed by atoms with Gasteiger partial charge in [0.25, 0.3) is 5.91 Å². The van der Waals surface area contributed by atoms with Gasteiger partial charge in [0.2, 0.25) is 0 Å². The highest BCUT2D eigenvalue weighted by Crippen LogP contribution is 2.21. The summed E-state index contributed by atoms with van der Waals surface area (Å²) in [5, 5.41) is 3.60. The maximum absolute atomic E-state index is 11.5. The summed E-state index contributed by atoms with van der Waals surface area (Å²) in [6.07, 6.45) is 0. The Morgan fingerprint density at radius 3 is 2.33 bits per heavy atom. The number of nitrogens with zero attached hydrogens (tertiary/aromatic N) is 1. The van der Waals surface area contributed by atoms with Gasteiger partial charge in [-0.25, -0.2) is 10.6 Å². The molecule has 1 aromatic rings. The molecule has 2 rings (SSSR count). The van der Waals surface area contributed by atoms with E-state index in [0.717, 1.165) is 0 Å². The standard InChI is InChI=1S/C9H8ClN3O2/c10-6-3-1-5(2-4-6)7-8(14)13(11)9(15)12-7/h1-4,7H,11H2,(H,12,15). The first kappa shape index (κ1) is 9.95. The summed E-state index contributed by atoms with van der Waals surface area (Å²) in [4.78, 5) is 22.6. The minimum atomic E-state index is -0.709. The average molecular weight is 226 g/mol. The van der Waals surface area contributed by atoms with Crippen molar-refractivity contribution in [1.29, 1.82) is 0 Å². The van der Waals surface area contributed by atoms with E-state index in [4.69, 9.17) is 17.4 Å². The molecule has 0 aromatic heterocycles. The van der Waals surface area contributed by atoms with Crippen molar-refractivity contribution in [2.45, 2.75) is 6.04 Å². The van der Waals surface area contributed by atoms with Crippen molar-refractivity contribution in [2.75, 3.05) is 0 Å². The predicted molar refractivity (Wildman–Crippen MR) is 53.8 cm³/mol. The van der Waals surface area contributed by atoms with Gasteiger partial charge in [-0.15, -0.1) is 0 Å². The van der Waals surface area contributed by atoms with E-state index in [0.29, 0.717) is 15.6 Å². The largest absolute Gasteiger partial charge is 0.339 e. The number of halogens is 1. The zero-order chi connectivity index (χ0) is 11.0. The van der Waals surface area contributed by atoms with Gasteiger partial charge in [-0.2, -0.15) is 5.01 Å². The van der Waals surface area contributed by atoms with Crippen molar-refractivity contribution >= 4 is 23.5 Å². The summed E-state index contributed by atoms with van der Waals surface area (Å²) in [7, 11) is 0. The van der Waals surface area contributed by atoms with Crippen LogP contribution in [0.1, 0.15) is 11.6 Å². The second-order valence-corrected chi connectivity index (χ2v) is 3.58. The number of urea groups is 1. The van der Waals surface area contributed by atoms with Gasteiger partial charge in [-0.05, 0) is 17.7 Å². The second kappa shape index (κ2) is 3.52. The Balaban J connectivity index is 2.29. The topological polar surface area (TPSA) is 75.4 Å². The van der Waals surface area contributed by atoms with Crippen LogP contribution in [0.2, 0.25) is 5.02 Å². The highest BCUT2D eigenvalue weighted by Gasteiger charge is 2.37. The number of hydrogen-bond donors (Lipinski definition) is 2. The SMILES string of the molecule is NN1C(=O)NC(c2ccc(Cl)cc2)C1=O. The molecule has 1 heterocycles. The quantitative estimate of drug-likeness (QED) is 0.422. The summed E-state index contributed by atoms with van der Waals surface area (Å²) in [6, 6.07) is 5.33. The van der Waals surface area contributed by atoms with Crippen molar-refractivity contribution in [3.63, 3.8) is 0 Å². The van der Waals surface area contributed by atoms with Crippen LogP contribution < -0.4 is 11.2 Å². The summed E-state index contributed by atoms with van der Waals surface area (Å²) in [6.45, 7) is 0. The summed E-state index contributed by atoms with van der Waals surface area (Å²) in [5.41, 5.74) is 0.658. The van der Waals surface area contributed by atoms with E-state index in [9.17, 15) is 9.59 Å². The molecule has 1 atom stereocenters. The molecule has 0 radical (unpaired) electrons. The van der Waals surface area contributed by atoms with E-state index in [1.807, 2.05) is 0 Å². The molecule has 1 saturated heterocycles. The molecular formula is C9H8ClN3O2. The molecule has 1 aliphatic heterocycles. The van der Waals surface area contributed by atoms with Crippen molar-refractivity contribution in [1.82, 2.24) is 10.3 Å². The van der Waals surface area contributed by atoms with Crippen LogP contribution in [0.5, 0.6) is 0 Å². The zero-order valence-electron chi connectivity index (χ0n) is 7.61. The molecule has 3 amide bonds. The number of nitrogens with one attached hydrogen (secondary N) is 1. The minimum Gasteiger partial charge on any atom is -0.321 e. The summed E-state index contributed by atoms with van der Waals surface area (Å²) >= 11 is 5.70. The van der Waals surface area contributed by atoms with Gasteiger partial charge >= 0.3 is 6.03 Å². The molecular weight excluding hydrogens is 218 g/mol. The molecule has 1 unspecified atom stereocenters. The van der Waals surface area contributed by atoms with Crippen molar-refractivity contribution in [3.8, 4) is 0 Å². The molecule has 1 aromatic carbocycles. The second-order valence-electron chi connectivity index (χ2n) is 3.14. The lowest BCUT2D eigenvalue weighted by Crippen LogP contribution is -2.37. The van der Waals surface area contributed by atoms with Gasteiger partial charge in [0, 0.05) is 5.02 Å². The highest BCUT2D eigenvalue weighted by atomic mass is 35.5. The van der Waals surface area contributed by atoms with Crippen LogP contribution in [0.15, 0.2) is 24.3 Å². The van der Waals surface area contributed by atoms with E-state index in [2.05, 4.69) is 5.32 Å². The zero-order valence-corrected chi connectivity index (χ0v) is 8.36. The van der Waals surface area contributed by atoms with Crippen LogP contribution in [-0.4, -0.2) is 16.9 Å². The van der Waals surface area contributed by atoms with E-state index < -0.39 is 18.0 Å². The Morgan fingerprint density at radius 2 is 1.87 bits per heavy atom. The number of hydrogen-bond acceptors (Lipinski definition) is 3. The first-order chi connectivity index (χ1) is 7.09. The van der Waals surface area contributed by atoms with Crippen molar-refractivity contribution < 1.29 is 9.59 Å². The fraction of sp³-hybridized carbons (Fsp3) is 0.111. The Hall–Kier alpha value is -1.59. The Labute approximate surface area is 90.8 Å². The maximum Gasteiger partial charge on any atom is 0.339 e. The van der Waals surface area contributed by atoms with E-state index in [1.165, 1.54) is 0 Å². The van der Waals surface area contributed by atoms with E-state index >= 15 is 0 Å². The number of nitrogens with two attached hydrogens (primary N) is 1. The Kier molecular flexibility index (Phi) is 2.34. The van der Waals surface area contributed by atoms with Gasteiger partial charge in [-0.1, -0.05) is 23.7 Å². The van der Waals surface area contributed by atoms with Gasteiger partial charge in [0.05, 0.1) is 0 Å². The molecule has 0 spiro atoms. The monoisotopic (exact) mass is 225 g/mol. The van der Waals surface area contributed by atoms with Crippen molar-refractivity contribution in [2.24, 2.45) is 5.84 Å². The lowest BCUT2D eigenvalue weighted by Gasteiger charge is -2.07. The average Bonchev–Trinajstić information content (AvgIpc) is 2.47. The van der Waals surface area contributed by atoms with Crippen LogP contribution in [0.25, 0.3) is 0 Å². The Bertz CT molecular complexity index is 418. The first-order valence-corrected chi connectivity index (χ1v) is 4.62. The third-order valence-corrected chi connectivity index (χ3v) is 2.43. The molecule has 3 N–H and O–H groups in total. The van der Waals surface area contributed by atoms with Crippen molar-refractivity contribution in [3.05, 3.63) is 34.9 Å². The third kappa shape index (κ3) is 1.67. The molecule has 0 aliphatic carbocycles. The van der Waals surface area contributed by atoms with Crippen LogP contribution in [0.4, 0.5) is 4.79 Å². The lowest BCUT2D eigenvalue weighted by molar-refractivity contribution is -0.127. The normalized spacial score (nSPS) is 20.7. The Morgan fingerprint density at radius 1 is 1.27 bits per heavy atom. The highest BCUT2D eigenvalue weighted by molar-refractivity contribution is 6.30. The first-order valence-electron chi connectivity index (χ1n) is 4.24. The smallest absolute Gasteiger partial charge is 0.321 e. The number of amides is 3. The lowest BCUT2D eigenvalue weighted by atomic mass is 10.1. The number of rotatable bonds is 1. The van der Waals surface area contributed by atoms with Gasteiger partial charge in [0.15, 0.2) is 0 Å². The number of carbonyl (C=O) groups is 2. The van der Waals surface area contributed by atoms with Gasteiger partial charge < -0.3 is 5.32 Å². The van der Waals surface area contributed by atoms with Gasteiger partial charge in [-0.3, -0.25) is 4.79 Å². The van der Waals surface area contributed by atoms with Gasteiger partial charge in [0.1, 0.15) is 6.04 Å². The molecule has 5 nitrogen and oxygen atoms in total. The molecule has 1 aliphatic rings. The molecule has 15 heavy (non-hydrogen) atoms. The number of imide groups is 1. The van der Waals surface area contributed by atoms with E-state index in [1.54, 1.807) is 24.3 Å². The van der Waals surface area contributed by atoms with Crippen LogP contribution in [-0.2, 0) is 4.79 Å². The summed E-state index contributed by atoms with van der Waals surface area (Å²) < 4.78 is 0.